The Morgan fingerprint density at radius 2 is 2.11 bits per heavy atom. The molecule has 0 aliphatic carbocycles. The Hall–Kier alpha value is -1.31. The molecule has 0 atom stereocenters. The minimum Gasteiger partial charge on any atom is -0.383 e. The van der Waals surface area contributed by atoms with Crippen molar-refractivity contribution in [1.29, 1.82) is 0 Å². The molecule has 7 heteroatoms. The topological polar surface area (TPSA) is 64.7 Å². The zero-order valence-electron chi connectivity index (χ0n) is 9.92. The normalized spacial score (nSPS) is 10.8. The first-order chi connectivity index (χ1) is 9.13. The van der Waals surface area contributed by atoms with E-state index in [-0.39, 0.29) is 0 Å². The Morgan fingerprint density at radius 1 is 1.26 bits per heavy atom. The van der Waals surface area contributed by atoms with Crippen molar-refractivity contribution in [2.75, 3.05) is 5.73 Å². The van der Waals surface area contributed by atoms with Crippen molar-refractivity contribution in [3.05, 3.63) is 33.3 Å². The quantitative estimate of drug-likeness (QED) is 0.757. The van der Waals surface area contributed by atoms with Crippen molar-refractivity contribution < 1.29 is 0 Å². The monoisotopic (exact) mass is 352 g/mol. The van der Waals surface area contributed by atoms with Crippen LogP contribution in [0.5, 0.6) is 0 Å². The number of thiophene rings is 1. The molecule has 4 nitrogen and oxygen atoms in total. The van der Waals surface area contributed by atoms with Crippen molar-refractivity contribution in [3.63, 3.8) is 0 Å². The molecule has 2 N–H and O–H groups in total. The Morgan fingerprint density at radius 3 is 2.79 bits per heavy atom. The van der Waals surface area contributed by atoms with Crippen LogP contribution in [0.3, 0.4) is 0 Å². The van der Waals surface area contributed by atoms with Gasteiger partial charge in [-0.05, 0) is 35.0 Å². The Kier molecular flexibility index (Phi) is 3.34. The molecule has 0 amide bonds. The number of hydrogen-bond acceptors (Lipinski definition) is 6. The lowest BCUT2D eigenvalue weighted by Gasteiger charge is -2.00. The number of thiazole rings is 1. The van der Waals surface area contributed by atoms with Gasteiger partial charge in [-0.2, -0.15) is 0 Å². The van der Waals surface area contributed by atoms with E-state index in [2.05, 4.69) is 30.9 Å². The van der Waals surface area contributed by atoms with Gasteiger partial charge in [0.2, 0.25) is 0 Å². The summed E-state index contributed by atoms with van der Waals surface area (Å²) in [6, 6.07) is 4.06. The third kappa shape index (κ3) is 2.54. The summed E-state index contributed by atoms with van der Waals surface area (Å²) in [5.74, 6) is 1.14. The molecule has 0 aliphatic heterocycles. The molecule has 0 bridgehead atoms. The second kappa shape index (κ2) is 4.99. The minimum atomic E-state index is 0.473. The smallest absolute Gasteiger partial charge is 0.137 e. The SMILES string of the molecule is Cc1ncc(-c2nc(-c3ccc(Br)s3)cs2)c(N)n1. The molecule has 3 rings (SSSR count). The molecule has 0 spiro atoms. The average molecular weight is 353 g/mol. The zero-order chi connectivity index (χ0) is 13.4. The fraction of sp³-hybridized carbons (Fsp3) is 0.0833. The van der Waals surface area contributed by atoms with Gasteiger partial charge >= 0.3 is 0 Å². The Bertz CT molecular complexity index is 735. The average Bonchev–Trinajstić information content (AvgIpc) is 2.97. The number of hydrogen-bond donors (Lipinski definition) is 1. The van der Waals surface area contributed by atoms with E-state index in [1.54, 1.807) is 28.9 Å². The first kappa shape index (κ1) is 12.7. The summed E-state index contributed by atoms with van der Waals surface area (Å²) in [7, 11) is 0. The molecule has 0 unspecified atom stereocenters. The van der Waals surface area contributed by atoms with Gasteiger partial charge in [-0.25, -0.2) is 15.0 Å². The maximum atomic E-state index is 5.92. The summed E-state index contributed by atoms with van der Waals surface area (Å²) in [6.45, 7) is 1.82. The van der Waals surface area contributed by atoms with Gasteiger partial charge in [0.05, 0.1) is 19.9 Å². The van der Waals surface area contributed by atoms with E-state index in [0.29, 0.717) is 11.6 Å². The predicted molar refractivity (Wildman–Crippen MR) is 83.3 cm³/mol. The highest BCUT2D eigenvalue weighted by Crippen LogP contribution is 2.35. The third-order valence-corrected chi connectivity index (χ3v) is 5.02. The molecular formula is C12H9BrN4S2. The van der Waals surface area contributed by atoms with Gasteiger partial charge in [0, 0.05) is 11.6 Å². The maximum Gasteiger partial charge on any atom is 0.137 e. The molecule has 19 heavy (non-hydrogen) atoms. The van der Waals surface area contributed by atoms with Gasteiger partial charge in [0.15, 0.2) is 0 Å². The Balaban J connectivity index is 2.01. The summed E-state index contributed by atoms with van der Waals surface area (Å²) in [5.41, 5.74) is 7.66. The summed E-state index contributed by atoms with van der Waals surface area (Å²) in [5, 5.41) is 2.87. The van der Waals surface area contributed by atoms with E-state index in [1.807, 2.05) is 24.4 Å². The van der Waals surface area contributed by atoms with Crippen molar-refractivity contribution in [1.82, 2.24) is 15.0 Å². The first-order valence-corrected chi connectivity index (χ1v) is 7.93. The third-order valence-electron chi connectivity index (χ3n) is 2.50. The minimum absolute atomic E-state index is 0.473. The number of aryl methyl sites for hydroxylation is 1. The fourth-order valence-corrected chi connectivity index (χ4v) is 3.87. The van der Waals surface area contributed by atoms with E-state index < -0.39 is 0 Å². The number of nitrogens with zero attached hydrogens (tertiary/aromatic N) is 3. The van der Waals surface area contributed by atoms with Crippen LogP contribution in [0.25, 0.3) is 21.1 Å². The van der Waals surface area contributed by atoms with E-state index in [1.165, 1.54) is 0 Å². The van der Waals surface area contributed by atoms with Gasteiger partial charge in [-0.1, -0.05) is 0 Å². The van der Waals surface area contributed by atoms with Gasteiger partial charge < -0.3 is 5.73 Å². The number of rotatable bonds is 2. The predicted octanol–water partition coefficient (Wildman–Crippen LogP) is 3.98. The lowest BCUT2D eigenvalue weighted by atomic mass is 10.3. The van der Waals surface area contributed by atoms with Crippen LogP contribution in [0.4, 0.5) is 5.82 Å². The van der Waals surface area contributed by atoms with Crippen molar-refractivity contribution in [2.45, 2.75) is 6.92 Å². The first-order valence-electron chi connectivity index (χ1n) is 5.44. The summed E-state index contributed by atoms with van der Waals surface area (Å²) < 4.78 is 1.09. The van der Waals surface area contributed by atoms with Crippen molar-refractivity contribution in [3.8, 4) is 21.1 Å². The molecule has 96 valence electrons. The van der Waals surface area contributed by atoms with Crippen LogP contribution in [-0.4, -0.2) is 15.0 Å². The molecule has 0 aromatic carbocycles. The molecule has 0 fully saturated rings. The highest BCUT2D eigenvalue weighted by Gasteiger charge is 2.12. The molecule has 3 aromatic rings. The lowest BCUT2D eigenvalue weighted by molar-refractivity contribution is 1.06. The van der Waals surface area contributed by atoms with Crippen LogP contribution in [0.1, 0.15) is 5.82 Å². The van der Waals surface area contributed by atoms with Crippen LogP contribution in [-0.2, 0) is 0 Å². The Labute approximate surface area is 126 Å². The van der Waals surface area contributed by atoms with Gasteiger partial charge in [-0.3, -0.25) is 0 Å². The second-order valence-electron chi connectivity index (χ2n) is 3.86. The van der Waals surface area contributed by atoms with Gasteiger partial charge in [-0.15, -0.1) is 22.7 Å². The van der Waals surface area contributed by atoms with Crippen molar-refractivity contribution >= 4 is 44.4 Å². The largest absolute Gasteiger partial charge is 0.383 e. The second-order valence-corrected chi connectivity index (χ2v) is 7.18. The lowest BCUT2D eigenvalue weighted by Crippen LogP contribution is -1.97. The number of nitrogen functional groups attached to an aromatic ring is 1. The van der Waals surface area contributed by atoms with E-state index in [9.17, 15) is 0 Å². The molecule has 0 saturated heterocycles. The van der Waals surface area contributed by atoms with Crippen LogP contribution in [0.15, 0.2) is 27.5 Å². The number of aromatic nitrogens is 3. The molecule has 0 aliphatic rings. The molecule has 0 radical (unpaired) electrons. The van der Waals surface area contributed by atoms with Gasteiger partial charge in [0.25, 0.3) is 0 Å². The highest BCUT2D eigenvalue weighted by atomic mass is 79.9. The van der Waals surface area contributed by atoms with Crippen LogP contribution in [0, 0.1) is 6.92 Å². The molecular weight excluding hydrogens is 344 g/mol. The summed E-state index contributed by atoms with van der Waals surface area (Å²) in [6.07, 6.45) is 1.73. The summed E-state index contributed by atoms with van der Waals surface area (Å²) in [4.78, 5) is 14.1. The van der Waals surface area contributed by atoms with E-state index in [0.717, 1.165) is 24.9 Å². The van der Waals surface area contributed by atoms with Crippen LogP contribution in [0.2, 0.25) is 0 Å². The van der Waals surface area contributed by atoms with Crippen LogP contribution < -0.4 is 5.73 Å². The highest BCUT2D eigenvalue weighted by molar-refractivity contribution is 9.11. The number of anilines is 1. The number of halogens is 1. The van der Waals surface area contributed by atoms with Crippen LogP contribution >= 0.6 is 38.6 Å². The van der Waals surface area contributed by atoms with E-state index >= 15 is 0 Å². The standard InChI is InChI=1S/C12H9BrN4S2/c1-6-15-4-7(11(14)16-6)12-17-8(5-18-12)9-2-3-10(13)19-9/h2-5H,1H3,(H2,14,15,16). The van der Waals surface area contributed by atoms with Crippen molar-refractivity contribution in [2.24, 2.45) is 0 Å². The molecule has 0 saturated carbocycles. The summed E-state index contributed by atoms with van der Waals surface area (Å²) >= 11 is 6.66. The molecule has 3 aromatic heterocycles. The fourth-order valence-electron chi connectivity index (χ4n) is 1.61. The van der Waals surface area contributed by atoms with E-state index in [4.69, 9.17) is 5.73 Å². The van der Waals surface area contributed by atoms with Gasteiger partial charge in [0.1, 0.15) is 16.6 Å². The number of nitrogens with two attached hydrogens (primary N) is 1. The maximum absolute atomic E-state index is 5.92. The zero-order valence-corrected chi connectivity index (χ0v) is 13.1. The molecule has 3 heterocycles.